The second-order valence-corrected chi connectivity index (χ2v) is 5.35. The predicted molar refractivity (Wildman–Crippen MR) is 64.3 cm³/mol. The van der Waals surface area contributed by atoms with E-state index in [9.17, 15) is 8.42 Å². The van der Waals surface area contributed by atoms with Gasteiger partial charge < -0.3 is 15.6 Å². The maximum absolute atomic E-state index is 11.9. The predicted octanol–water partition coefficient (Wildman–Crippen LogP) is -0.0635. The Morgan fingerprint density at radius 2 is 2.18 bits per heavy atom. The molecule has 0 unspecified atom stereocenters. The zero-order valence-electron chi connectivity index (χ0n) is 9.67. The quantitative estimate of drug-likeness (QED) is 0.644. The van der Waals surface area contributed by atoms with E-state index in [-0.39, 0.29) is 17.2 Å². The average molecular weight is 260 g/mol. The molecule has 0 heterocycles. The molecule has 0 bridgehead atoms. The second kappa shape index (κ2) is 5.35. The summed E-state index contributed by atoms with van der Waals surface area (Å²) in [4.78, 5) is -0.00477. The van der Waals surface area contributed by atoms with Gasteiger partial charge in [-0.2, -0.15) is 0 Å². The Bertz CT molecular complexity index is 485. The van der Waals surface area contributed by atoms with Gasteiger partial charge >= 0.3 is 0 Å². The van der Waals surface area contributed by atoms with Crippen LogP contribution in [0.5, 0.6) is 5.75 Å². The number of rotatable bonds is 5. The molecule has 1 atom stereocenters. The first-order chi connectivity index (χ1) is 7.86. The van der Waals surface area contributed by atoms with E-state index < -0.39 is 16.1 Å². The maximum atomic E-state index is 11.9. The van der Waals surface area contributed by atoms with Crippen LogP contribution in [0.15, 0.2) is 23.1 Å². The number of benzene rings is 1. The molecule has 0 aliphatic carbocycles. The largest absolute Gasteiger partial charge is 0.495 e. The summed E-state index contributed by atoms with van der Waals surface area (Å²) in [6, 6.07) is 4.26. The molecule has 0 aliphatic heterocycles. The molecule has 0 amide bonds. The van der Waals surface area contributed by atoms with E-state index in [1.54, 1.807) is 0 Å². The van der Waals surface area contributed by atoms with Crippen molar-refractivity contribution < 1.29 is 18.3 Å². The second-order valence-electron chi connectivity index (χ2n) is 3.61. The molecular formula is C10H16N2O4S. The lowest BCUT2D eigenvalue weighted by molar-refractivity contribution is 0.198. The Kier molecular flexibility index (Phi) is 4.33. The SMILES string of the molecule is COc1cc(N)ccc1S(=O)(=O)NC[C@@H](C)O. The number of sulfonamides is 1. The van der Waals surface area contributed by atoms with Gasteiger partial charge in [0.05, 0.1) is 13.2 Å². The van der Waals surface area contributed by atoms with E-state index in [1.807, 2.05) is 0 Å². The van der Waals surface area contributed by atoms with Crippen LogP contribution >= 0.6 is 0 Å². The molecule has 96 valence electrons. The Labute approximate surface area is 100 Å². The Morgan fingerprint density at radius 3 is 2.71 bits per heavy atom. The zero-order chi connectivity index (χ0) is 13.1. The van der Waals surface area contributed by atoms with E-state index in [0.29, 0.717) is 5.69 Å². The van der Waals surface area contributed by atoms with Crippen molar-refractivity contribution in [2.24, 2.45) is 0 Å². The molecule has 0 saturated heterocycles. The fourth-order valence-electron chi connectivity index (χ4n) is 1.21. The molecule has 0 aliphatic rings. The fraction of sp³-hybridized carbons (Fsp3) is 0.400. The summed E-state index contributed by atoms with van der Waals surface area (Å²) in [7, 11) is -2.34. The lowest BCUT2D eigenvalue weighted by atomic mass is 10.3. The Balaban J connectivity index is 3.06. The minimum Gasteiger partial charge on any atom is -0.495 e. The number of aliphatic hydroxyl groups is 1. The molecule has 17 heavy (non-hydrogen) atoms. The van der Waals surface area contributed by atoms with Gasteiger partial charge in [-0.25, -0.2) is 13.1 Å². The summed E-state index contributed by atoms with van der Waals surface area (Å²) >= 11 is 0. The van der Waals surface area contributed by atoms with Crippen molar-refractivity contribution in [1.29, 1.82) is 0 Å². The topological polar surface area (TPSA) is 102 Å². The van der Waals surface area contributed by atoms with Gasteiger partial charge in [0.2, 0.25) is 10.0 Å². The van der Waals surface area contributed by atoms with Gasteiger partial charge in [0.25, 0.3) is 0 Å². The summed E-state index contributed by atoms with van der Waals surface area (Å²) in [5.41, 5.74) is 5.95. The average Bonchev–Trinajstić information content (AvgIpc) is 2.26. The van der Waals surface area contributed by atoms with Crippen LogP contribution in [-0.4, -0.2) is 33.3 Å². The van der Waals surface area contributed by atoms with Gasteiger partial charge in [-0.1, -0.05) is 0 Å². The number of anilines is 1. The molecule has 4 N–H and O–H groups in total. The summed E-state index contributed by atoms with van der Waals surface area (Å²) in [5, 5.41) is 9.06. The minimum absolute atomic E-state index is 0.00477. The summed E-state index contributed by atoms with van der Waals surface area (Å²) in [5.74, 6) is 0.170. The third-order valence-corrected chi connectivity index (χ3v) is 3.51. The molecular weight excluding hydrogens is 244 g/mol. The molecule has 0 saturated carbocycles. The number of nitrogen functional groups attached to an aromatic ring is 1. The van der Waals surface area contributed by atoms with Crippen LogP contribution in [0.25, 0.3) is 0 Å². The molecule has 0 aromatic heterocycles. The van der Waals surface area contributed by atoms with E-state index in [0.717, 1.165) is 0 Å². The highest BCUT2D eigenvalue weighted by molar-refractivity contribution is 7.89. The summed E-state index contributed by atoms with van der Waals surface area (Å²) < 4.78 is 31.0. The molecule has 0 fully saturated rings. The first-order valence-corrected chi connectivity index (χ1v) is 6.46. The summed E-state index contributed by atoms with van der Waals surface area (Å²) in [6.45, 7) is 1.43. The number of nitrogens with two attached hydrogens (primary N) is 1. The number of hydrogen-bond donors (Lipinski definition) is 3. The van der Waals surface area contributed by atoms with Gasteiger partial charge in [-0.3, -0.25) is 0 Å². The number of nitrogens with one attached hydrogen (secondary N) is 1. The fourth-order valence-corrected chi connectivity index (χ4v) is 2.48. The van der Waals surface area contributed by atoms with Crippen molar-refractivity contribution in [3.63, 3.8) is 0 Å². The molecule has 1 aromatic rings. The Morgan fingerprint density at radius 1 is 1.53 bits per heavy atom. The van der Waals surface area contributed by atoms with Crippen molar-refractivity contribution in [3.05, 3.63) is 18.2 Å². The molecule has 6 nitrogen and oxygen atoms in total. The lowest BCUT2D eigenvalue weighted by Crippen LogP contribution is -2.30. The van der Waals surface area contributed by atoms with Gasteiger partial charge in [0.1, 0.15) is 10.6 Å². The highest BCUT2D eigenvalue weighted by Gasteiger charge is 2.19. The number of methoxy groups -OCH3 is 1. The van der Waals surface area contributed by atoms with Crippen LogP contribution in [0.2, 0.25) is 0 Å². The smallest absolute Gasteiger partial charge is 0.244 e. The lowest BCUT2D eigenvalue weighted by Gasteiger charge is -2.12. The van der Waals surface area contributed by atoms with Gasteiger partial charge in [-0.05, 0) is 19.1 Å². The van der Waals surface area contributed by atoms with Gasteiger partial charge in [0, 0.05) is 18.3 Å². The zero-order valence-corrected chi connectivity index (χ0v) is 10.5. The number of aliphatic hydroxyl groups excluding tert-OH is 1. The molecule has 0 radical (unpaired) electrons. The monoisotopic (exact) mass is 260 g/mol. The Hall–Kier alpha value is -1.31. The van der Waals surface area contributed by atoms with Crippen molar-refractivity contribution in [2.75, 3.05) is 19.4 Å². The van der Waals surface area contributed by atoms with Crippen LogP contribution in [-0.2, 0) is 10.0 Å². The van der Waals surface area contributed by atoms with Crippen LogP contribution in [0, 0.1) is 0 Å². The molecule has 7 heteroatoms. The van der Waals surface area contributed by atoms with E-state index in [1.165, 1.54) is 32.2 Å². The number of hydrogen-bond acceptors (Lipinski definition) is 5. The maximum Gasteiger partial charge on any atom is 0.244 e. The van der Waals surface area contributed by atoms with E-state index in [2.05, 4.69) is 4.72 Å². The third kappa shape index (κ3) is 3.58. The van der Waals surface area contributed by atoms with Gasteiger partial charge in [0.15, 0.2) is 0 Å². The van der Waals surface area contributed by atoms with Crippen LogP contribution in [0.4, 0.5) is 5.69 Å². The first-order valence-electron chi connectivity index (χ1n) is 4.98. The first kappa shape index (κ1) is 13.8. The molecule has 0 spiro atoms. The van der Waals surface area contributed by atoms with Crippen molar-refractivity contribution >= 4 is 15.7 Å². The summed E-state index contributed by atoms with van der Waals surface area (Å²) in [6.07, 6.45) is -0.760. The van der Waals surface area contributed by atoms with Crippen molar-refractivity contribution in [1.82, 2.24) is 4.72 Å². The van der Waals surface area contributed by atoms with E-state index >= 15 is 0 Å². The standard InChI is InChI=1S/C10H16N2O4S/c1-7(13)6-12-17(14,15)10-4-3-8(11)5-9(10)16-2/h3-5,7,12-13H,6,11H2,1-2H3/t7-/m1/s1. The normalized spacial score (nSPS) is 13.4. The highest BCUT2D eigenvalue weighted by atomic mass is 32.2. The third-order valence-electron chi connectivity index (χ3n) is 2.05. The van der Waals surface area contributed by atoms with E-state index in [4.69, 9.17) is 15.6 Å². The van der Waals surface area contributed by atoms with Crippen molar-refractivity contribution in [2.45, 2.75) is 17.9 Å². The van der Waals surface area contributed by atoms with Crippen LogP contribution in [0.1, 0.15) is 6.92 Å². The van der Waals surface area contributed by atoms with Crippen LogP contribution in [0.3, 0.4) is 0 Å². The minimum atomic E-state index is -3.71. The highest BCUT2D eigenvalue weighted by Crippen LogP contribution is 2.25. The van der Waals surface area contributed by atoms with Crippen LogP contribution < -0.4 is 15.2 Å². The molecule has 1 aromatic carbocycles. The number of ether oxygens (including phenoxy) is 1. The van der Waals surface area contributed by atoms with Gasteiger partial charge in [-0.15, -0.1) is 0 Å². The molecule has 1 rings (SSSR count). The van der Waals surface area contributed by atoms with Crippen molar-refractivity contribution in [3.8, 4) is 5.75 Å².